The molecule has 0 radical (unpaired) electrons. The van der Waals surface area contributed by atoms with Crippen LogP contribution in [0, 0.1) is 5.92 Å². The van der Waals surface area contributed by atoms with E-state index in [0.29, 0.717) is 12.5 Å². The smallest absolute Gasteiger partial charge is 0.242 e. The lowest BCUT2D eigenvalue weighted by Crippen LogP contribution is -2.41. The fraction of sp³-hybridized carbons (Fsp3) is 0.571. The van der Waals surface area contributed by atoms with Crippen LogP contribution in [0.15, 0.2) is 23.1 Å². The summed E-state index contributed by atoms with van der Waals surface area (Å²) in [5.41, 5.74) is 6.63. The van der Waals surface area contributed by atoms with E-state index in [1.54, 1.807) is 12.1 Å². The first-order chi connectivity index (χ1) is 9.47. The molecule has 3 N–H and O–H groups in total. The Kier molecular flexibility index (Phi) is 5.07. The molecule has 1 saturated carbocycles. The van der Waals surface area contributed by atoms with E-state index in [0.717, 1.165) is 31.2 Å². The topological polar surface area (TPSA) is 72.2 Å². The van der Waals surface area contributed by atoms with E-state index in [9.17, 15) is 8.42 Å². The zero-order valence-corrected chi connectivity index (χ0v) is 13.2. The van der Waals surface area contributed by atoms with Gasteiger partial charge in [0.15, 0.2) is 0 Å². The van der Waals surface area contributed by atoms with Crippen molar-refractivity contribution in [3.8, 4) is 0 Å². The molecule has 112 valence electrons. The van der Waals surface area contributed by atoms with Crippen LogP contribution < -0.4 is 10.5 Å². The van der Waals surface area contributed by atoms with Crippen LogP contribution in [0.25, 0.3) is 0 Å². The molecule has 20 heavy (non-hydrogen) atoms. The van der Waals surface area contributed by atoms with E-state index in [1.807, 2.05) is 6.07 Å². The molecule has 2 rings (SSSR count). The Bertz CT molecular complexity index is 571. The van der Waals surface area contributed by atoms with E-state index in [1.165, 1.54) is 0 Å². The minimum absolute atomic E-state index is 0.157. The second kappa shape index (κ2) is 6.43. The maximum atomic E-state index is 12.5. The second-order valence-electron chi connectivity index (χ2n) is 5.32. The lowest BCUT2D eigenvalue weighted by Gasteiger charge is -2.17. The quantitative estimate of drug-likeness (QED) is 0.810. The van der Waals surface area contributed by atoms with Crippen LogP contribution in [0.2, 0.25) is 5.02 Å². The van der Waals surface area contributed by atoms with Gasteiger partial charge in [-0.1, -0.05) is 31.0 Å². The number of nitrogens with one attached hydrogen (secondary N) is 1. The monoisotopic (exact) mass is 316 g/mol. The van der Waals surface area contributed by atoms with Crippen LogP contribution in [0.1, 0.15) is 31.7 Å². The first-order valence-corrected chi connectivity index (χ1v) is 8.85. The summed E-state index contributed by atoms with van der Waals surface area (Å²) in [6.07, 6.45) is 3.87. The van der Waals surface area contributed by atoms with Gasteiger partial charge < -0.3 is 5.73 Å². The molecule has 1 fully saturated rings. The summed E-state index contributed by atoms with van der Waals surface area (Å²) in [7, 11) is -3.61. The highest BCUT2D eigenvalue weighted by molar-refractivity contribution is 7.89. The van der Waals surface area contributed by atoms with Crippen molar-refractivity contribution >= 4 is 21.6 Å². The Morgan fingerprint density at radius 2 is 2.15 bits per heavy atom. The first kappa shape index (κ1) is 15.8. The molecule has 0 spiro atoms. The van der Waals surface area contributed by atoms with Crippen molar-refractivity contribution < 1.29 is 8.42 Å². The van der Waals surface area contributed by atoms with Gasteiger partial charge in [0, 0.05) is 12.6 Å². The largest absolute Gasteiger partial charge is 0.329 e. The van der Waals surface area contributed by atoms with Gasteiger partial charge in [-0.3, -0.25) is 0 Å². The highest BCUT2D eigenvalue weighted by Crippen LogP contribution is 2.33. The van der Waals surface area contributed by atoms with Crippen LogP contribution in [0.4, 0.5) is 0 Å². The molecule has 1 atom stereocenters. The van der Waals surface area contributed by atoms with Gasteiger partial charge in [-0.25, -0.2) is 13.1 Å². The van der Waals surface area contributed by atoms with E-state index < -0.39 is 10.0 Å². The number of hydrogen-bond donors (Lipinski definition) is 2. The summed E-state index contributed by atoms with van der Waals surface area (Å²) in [5, 5.41) is 0.254. The normalized spacial score (nSPS) is 17.1. The van der Waals surface area contributed by atoms with E-state index >= 15 is 0 Å². The molecule has 0 heterocycles. The van der Waals surface area contributed by atoms with Crippen molar-refractivity contribution in [3.05, 3.63) is 28.8 Å². The summed E-state index contributed by atoms with van der Waals surface area (Å²) in [5.74, 6) is 0.368. The van der Waals surface area contributed by atoms with Crippen LogP contribution in [-0.2, 0) is 16.4 Å². The number of nitrogens with two attached hydrogens (primary N) is 1. The lowest BCUT2D eigenvalue weighted by atomic mass is 10.1. The summed E-state index contributed by atoms with van der Waals surface area (Å²) in [6, 6.07) is 4.99. The van der Waals surface area contributed by atoms with Crippen molar-refractivity contribution in [3.63, 3.8) is 0 Å². The summed E-state index contributed by atoms with van der Waals surface area (Å²) < 4.78 is 27.6. The third-order valence-electron chi connectivity index (χ3n) is 3.58. The van der Waals surface area contributed by atoms with Crippen LogP contribution in [0.5, 0.6) is 0 Å². The maximum Gasteiger partial charge on any atom is 0.242 e. The highest BCUT2D eigenvalue weighted by atomic mass is 35.5. The van der Waals surface area contributed by atoms with Crippen molar-refractivity contribution in [2.75, 3.05) is 6.54 Å². The van der Waals surface area contributed by atoms with E-state index in [4.69, 9.17) is 17.3 Å². The molecule has 1 unspecified atom stereocenters. The van der Waals surface area contributed by atoms with Crippen LogP contribution in [0.3, 0.4) is 0 Å². The van der Waals surface area contributed by atoms with Gasteiger partial charge in [0.05, 0.1) is 5.02 Å². The number of halogens is 1. The fourth-order valence-electron chi connectivity index (χ4n) is 2.30. The number of rotatable bonds is 7. The molecule has 0 bridgehead atoms. The van der Waals surface area contributed by atoms with Crippen LogP contribution >= 0.6 is 11.6 Å². The Labute approximate surface area is 125 Å². The molecule has 1 aliphatic carbocycles. The molecule has 0 aliphatic heterocycles. The highest BCUT2D eigenvalue weighted by Gasteiger charge is 2.34. The zero-order chi connectivity index (χ0) is 14.8. The molecule has 1 aromatic rings. The van der Waals surface area contributed by atoms with Crippen LogP contribution in [-0.4, -0.2) is 21.0 Å². The Balaban J connectivity index is 2.25. The molecule has 6 heteroatoms. The number of sulfonamides is 1. The van der Waals surface area contributed by atoms with E-state index in [-0.39, 0.29) is 16.0 Å². The third-order valence-corrected chi connectivity index (χ3v) is 5.55. The third kappa shape index (κ3) is 3.73. The summed E-state index contributed by atoms with van der Waals surface area (Å²) in [6.45, 7) is 2.37. The second-order valence-corrected chi connectivity index (χ2v) is 7.41. The average molecular weight is 317 g/mol. The molecular formula is C14H21ClN2O2S. The molecule has 4 nitrogen and oxygen atoms in total. The Morgan fingerprint density at radius 1 is 1.45 bits per heavy atom. The molecule has 0 aromatic heterocycles. The van der Waals surface area contributed by atoms with Gasteiger partial charge in [0.25, 0.3) is 0 Å². The van der Waals surface area contributed by atoms with Crippen molar-refractivity contribution in [2.45, 2.75) is 43.5 Å². The lowest BCUT2D eigenvalue weighted by molar-refractivity contribution is 0.519. The fourth-order valence-corrected chi connectivity index (χ4v) is 4.16. The predicted molar refractivity (Wildman–Crippen MR) is 81.3 cm³/mol. The molecule has 1 aromatic carbocycles. The van der Waals surface area contributed by atoms with Crippen molar-refractivity contribution in [1.29, 1.82) is 0 Å². The van der Waals surface area contributed by atoms with Gasteiger partial charge in [-0.2, -0.15) is 0 Å². The zero-order valence-electron chi connectivity index (χ0n) is 11.6. The Hall–Kier alpha value is -0.620. The van der Waals surface area contributed by atoms with Crippen molar-refractivity contribution in [2.24, 2.45) is 11.7 Å². The molecular weight excluding hydrogens is 296 g/mol. The number of hydrogen-bond acceptors (Lipinski definition) is 3. The summed E-state index contributed by atoms with van der Waals surface area (Å²) >= 11 is 6.05. The molecule has 0 saturated heterocycles. The Morgan fingerprint density at radius 3 is 2.70 bits per heavy atom. The van der Waals surface area contributed by atoms with Gasteiger partial charge in [0.2, 0.25) is 10.0 Å². The summed E-state index contributed by atoms with van der Waals surface area (Å²) in [4.78, 5) is 0.157. The minimum Gasteiger partial charge on any atom is -0.329 e. The standard InChI is InChI=1S/C14H21ClN2O2S/c1-2-3-10-4-7-12(15)14(8-10)20(18,19)17-13(9-16)11-5-6-11/h4,7-8,11,13,17H,2-3,5-6,9,16H2,1H3. The van der Waals surface area contributed by atoms with Gasteiger partial charge in [0.1, 0.15) is 4.90 Å². The maximum absolute atomic E-state index is 12.5. The average Bonchev–Trinajstić information content (AvgIpc) is 3.23. The SMILES string of the molecule is CCCc1ccc(Cl)c(S(=O)(=O)NC(CN)C2CC2)c1. The minimum atomic E-state index is -3.61. The van der Waals surface area contributed by atoms with E-state index in [2.05, 4.69) is 11.6 Å². The number of benzene rings is 1. The van der Waals surface area contributed by atoms with Gasteiger partial charge in [-0.05, 0) is 42.9 Å². The van der Waals surface area contributed by atoms with Gasteiger partial charge in [-0.15, -0.1) is 0 Å². The predicted octanol–water partition coefficient (Wildman–Crippen LogP) is 2.31. The first-order valence-electron chi connectivity index (χ1n) is 6.98. The number of aryl methyl sites for hydroxylation is 1. The van der Waals surface area contributed by atoms with Crippen molar-refractivity contribution in [1.82, 2.24) is 4.72 Å². The molecule has 1 aliphatic rings. The molecule has 0 amide bonds. The van der Waals surface area contributed by atoms with Gasteiger partial charge >= 0.3 is 0 Å².